The average Bonchev–Trinajstić information content (AvgIpc) is 2.98. The summed E-state index contributed by atoms with van der Waals surface area (Å²) in [5.74, 6) is -0.966. The Labute approximate surface area is 188 Å². The molecule has 0 aliphatic carbocycles. The third-order valence-corrected chi connectivity index (χ3v) is 5.23. The number of aromatic hydroxyl groups is 1. The normalized spacial score (nSPS) is 18.1. The molecule has 0 aromatic heterocycles. The molecule has 1 aliphatic heterocycles. The highest BCUT2D eigenvalue weighted by Gasteiger charge is 2.45. The fourth-order valence-electron chi connectivity index (χ4n) is 3.82. The van der Waals surface area contributed by atoms with Crippen LogP contribution in [0.25, 0.3) is 5.76 Å². The average molecular weight is 439 g/mol. The van der Waals surface area contributed by atoms with Crippen molar-refractivity contribution in [3.8, 4) is 11.5 Å². The quantitative estimate of drug-likeness (QED) is 0.372. The van der Waals surface area contributed by atoms with Crippen molar-refractivity contribution in [3.63, 3.8) is 0 Å². The van der Waals surface area contributed by atoms with Gasteiger partial charge < -0.3 is 24.7 Å². The maximum absolute atomic E-state index is 13.0. The number of ketones is 1. The summed E-state index contributed by atoms with van der Waals surface area (Å²) in [6, 6.07) is 12.4. The lowest BCUT2D eigenvalue weighted by atomic mass is 9.95. The summed E-state index contributed by atoms with van der Waals surface area (Å²) in [5.41, 5.74) is 1.08. The second-order valence-electron chi connectivity index (χ2n) is 8.44. The minimum atomic E-state index is -0.743. The van der Waals surface area contributed by atoms with Crippen molar-refractivity contribution < 1.29 is 24.5 Å². The number of Topliss-reactive ketones (excluding diaryl/α,β-unsaturated/α-hetero) is 1. The number of phenols is 1. The zero-order valence-electron chi connectivity index (χ0n) is 18.9. The lowest BCUT2D eigenvalue weighted by Crippen LogP contribution is -2.32. The Bertz CT molecular complexity index is 1010. The van der Waals surface area contributed by atoms with Gasteiger partial charge in [0, 0.05) is 12.1 Å². The Balaban J connectivity index is 2.07. The molecule has 1 unspecified atom stereocenters. The van der Waals surface area contributed by atoms with Crippen LogP contribution in [0.3, 0.4) is 0 Å². The predicted octanol–water partition coefficient (Wildman–Crippen LogP) is 3.55. The molecule has 32 heavy (non-hydrogen) atoms. The van der Waals surface area contributed by atoms with Crippen LogP contribution < -0.4 is 4.74 Å². The van der Waals surface area contributed by atoms with Gasteiger partial charge in [-0.1, -0.05) is 24.3 Å². The van der Waals surface area contributed by atoms with Gasteiger partial charge in [-0.05, 0) is 70.7 Å². The highest BCUT2D eigenvalue weighted by Crippen LogP contribution is 2.40. The molecular weight excluding hydrogens is 408 g/mol. The van der Waals surface area contributed by atoms with Crippen molar-refractivity contribution in [3.05, 3.63) is 65.2 Å². The first-order valence-electron chi connectivity index (χ1n) is 10.7. The number of hydrogen-bond donors (Lipinski definition) is 2. The van der Waals surface area contributed by atoms with Gasteiger partial charge in [-0.3, -0.25) is 9.59 Å². The highest BCUT2D eigenvalue weighted by molar-refractivity contribution is 6.46. The van der Waals surface area contributed by atoms with E-state index in [1.807, 2.05) is 32.8 Å². The molecule has 1 heterocycles. The Hall–Kier alpha value is -3.32. The predicted molar refractivity (Wildman–Crippen MR) is 122 cm³/mol. The maximum Gasteiger partial charge on any atom is 0.295 e. The number of phenolic OH excluding ortho intramolecular Hbond substituents is 1. The van der Waals surface area contributed by atoms with Gasteiger partial charge in [0.15, 0.2) is 0 Å². The van der Waals surface area contributed by atoms with E-state index in [4.69, 9.17) is 4.74 Å². The molecule has 1 fully saturated rings. The summed E-state index contributed by atoms with van der Waals surface area (Å²) in [6.45, 7) is 4.91. The third kappa shape index (κ3) is 5.11. The summed E-state index contributed by atoms with van der Waals surface area (Å²) < 4.78 is 5.71. The molecule has 7 heteroatoms. The first-order valence-corrected chi connectivity index (χ1v) is 10.7. The Morgan fingerprint density at radius 3 is 2.44 bits per heavy atom. The van der Waals surface area contributed by atoms with E-state index < -0.39 is 17.7 Å². The fourth-order valence-corrected chi connectivity index (χ4v) is 3.82. The van der Waals surface area contributed by atoms with Crippen LogP contribution in [0, 0.1) is 0 Å². The molecule has 1 atom stereocenters. The van der Waals surface area contributed by atoms with Crippen LogP contribution in [0.15, 0.2) is 54.1 Å². The first kappa shape index (κ1) is 23.3. The van der Waals surface area contributed by atoms with Crippen molar-refractivity contribution in [1.82, 2.24) is 9.80 Å². The van der Waals surface area contributed by atoms with Crippen molar-refractivity contribution >= 4 is 17.4 Å². The summed E-state index contributed by atoms with van der Waals surface area (Å²) in [5, 5.41) is 20.9. The molecule has 2 aromatic rings. The standard InChI is InChI=1S/C25H30N2O5/c1-16(2)32-20-8-5-7-18(15-20)23(29)21-22(17-9-11-19(28)12-10-17)27(25(31)24(21)30)14-6-13-26(3)4/h5,7-12,15-16,22,28-29H,6,13-14H2,1-4H3/b23-21-. The number of ether oxygens (including phenoxy) is 1. The van der Waals surface area contributed by atoms with Gasteiger partial charge in [-0.15, -0.1) is 0 Å². The highest BCUT2D eigenvalue weighted by atomic mass is 16.5. The van der Waals surface area contributed by atoms with Crippen molar-refractivity contribution in [2.45, 2.75) is 32.4 Å². The Kier molecular flexibility index (Phi) is 7.20. The number of benzene rings is 2. The number of likely N-dealkylation sites (tertiary alicyclic amines) is 1. The van der Waals surface area contributed by atoms with Gasteiger partial charge in [0.2, 0.25) is 0 Å². The Morgan fingerprint density at radius 2 is 1.81 bits per heavy atom. The zero-order chi connectivity index (χ0) is 23.4. The molecule has 0 radical (unpaired) electrons. The number of carbonyl (C=O) groups is 2. The molecular formula is C25H30N2O5. The molecule has 2 N–H and O–H groups in total. The lowest BCUT2D eigenvalue weighted by molar-refractivity contribution is -0.139. The molecule has 7 nitrogen and oxygen atoms in total. The second-order valence-corrected chi connectivity index (χ2v) is 8.44. The van der Waals surface area contributed by atoms with Gasteiger partial charge in [0.05, 0.1) is 17.7 Å². The van der Waals surface area contributed by atoms with Crippen molar-refractivity contribution in [2.75, 3.05) is 27.2 Å². The minimum absolute atomic E-state index is 0.0345. The summed E-state index contributed by atoms with van der Waals surface area (Å²) >= 11 is 0. The largest absolute Gasteiger partial charge is 0.508 e. The minimum Gasteiger partial charge on any atom is -0.508 e. The van der Waals surface area contributed by atoms with E-state index >= 15 is 0 Å². The molecule has 3 rings (SSSR count). The van der Waals surface area contributed by atoms with Crippen molar-refractivity contribution in [1.29, 1.82) is 0 Å². The second kappa shape index (κ2) is 9.87. The van der Waals surface area contributed by atoms with Gasteiger partial charge >= 0.3 is 0 Å². The van der Waals surface area contributed by atoms with E-state index in [2.05, 4.69) is 0 Å². The SMILES string of the molecule is CC(C)Oc1cccc(/C(O)=C2/C(=O)C(=O)N(CCCN(C)C)C2c2ccc(O)cc2)c1. The molecule has 2 aromatic carbocycles. The molecule has 1 amide bonds. The van der Waals surface area contributed by atoms with Crippen LogP contribution in [-0.2, 0) is 9.59 Å². The van der Waals surface area contributed by atoms with Crippen LogP contribution in [0.4, 0.5) is 0 Å². The van der Waals surface area contributed by atoms with Gasteiger partial charge in [-0.25, -0.2) is 0 Å². The number of aliphatic hydroxyl groups excluding tert-OH is 1. The zero-order valence-corrected chi connectivity index (χ0v) is 18.9. The molecule has 0 bridgehead atoms. The van der Waals surface area contributed by atoms with Crippen LogP contribution in [-0.4, -0.2) is 65.0 Å². The van der Waals surface area contributed by atoms with Crippen molar-refractivity contribution in [2.24, 2.45) is 0 Å². The number of rotatable bonds is 8. The fraction of sp³-hybridized carbons (Fsp3) is 0.360. The van der Waals surface area contributed by atoms with Gasteiger partial charge in [0.1, 0.15) is 17.3 Å². The Morgan fingerprint density at radius 1 is 1.12 bits per heavy atom. The maximum atomic E-state index is 13.0. The number of amides is 1. The molecule has 1 saturated heterocycles. The molecule has 0 spiro atoms. The van der Waals surface area contributed by atoms with E-state index in [9.17, 15) is 19.8 Å². The van der Waals surface area contributed by atoms with E-state index in [-0.39, 0.29) is 23.2 Å². The molecule has 0 saturated carbocycles. The summed E-state index contributed by atoms with van der Waals surface area (Å²) in [6.07, 6.45) is 0.624. The topological polar surface area (TPSA) is 90.3 Å². The smallest absolute Gasteiger partial charge is 0.295 e. The van der Waals surface area contributed by atoms with Crippen LogP contribution in [0.1, 0.15) is 37.4 Å². The number of aliphatic hydroxyl groups is 1. The molecule has 170 valence electrons. The van der Waals surface area contributed by atoms with E-state index in [1.54, 1.807) is 36.4 Å². The number of carbonyl (C=O) groups excluding carboxylic acids is 2. The van der Waals surface area contributed by atoms with Gasteiger partial charge in [0.25, 0.3) is 11.7 Å². The van der Waals surface area contributed by atoms with E-state index in [0.29, 0.717) is 29.8 Å². The van der Waals surface area contributed by atoms with Gasteiger partial charge in [-0.2, -0.15) is 0 Å². The summed E-state index contributed by atoms with van der Waals surface area (Å²) in [7, 11) is 3.88. The summed E-state index contributed by atoms with van der Waals surface area (Å²) in [4.78, 5) is 29.5. The monoisotopic (exact) mass is 438 g/mol. The van der Waals surface area contributed by atoms with E-state index in [1.165, 1.54) is 17.0 Å². The van der Waals surface area contributed by atoms with Crippen LogP contribution in [0.2, 0.25) is 0 Å². The van der Waals surface area contributed by atoms with Crippen LogP contribution in [0.5, 0.6) is 11.5 Å². The molecule has 1 aliphatic rings. The van der Waals surface area contributed by atoms with Crippen LogP contribution >= 0.6 is 0 Å². The number of nitrogens with zero attached hydrogens (tertiary/aromatic N) is 2. The lowest BCUT2D eigenvalue weighted by Gasteiger charge is -2.26. The van der Waals surface area contributed by atoms with E-state index in [0.717, 1.165) is 6.54 Å². The first-order chi connectivity index (χ1) is 15.2. The third-order valence-electron chi connectivity index (χ3n) is 5.23. The number of hydrogen-bond acceptors (Lipinski definition) is 6.